The minimum absolute atomic E-state index is 0.0173. The summed E-state index contributed by atoms with van der Waals surface area (Å²) in [5.74, 6) is -2.20. The SMILES string of the molecule is CCCS(=O)(=O)c1cccc(C(=O)N2CCCC[C@@H]2C(=O)N[C@@H](c2ccc(C(F)(F)F)cc2F)C2CC2)c1. The van der Waals surface area contributed by atoms with E-state index in [2.05, 4.69) is 5.32 Å². The smallest absolute Gasteiger partial charge is 0.347 e. The van der Waals surface area contributed by atoms with E-state index in [1.54, 1.807) is 6.92 Å². The molecule has 2 fully saturated rings. The average Bonchev–Trinajstić information content (AvgIpc) is 3.72. The van der Waals surface area contributed by atoms with Crippen molar-refractivity contribution in [3.63, 3.8) is 0 Å². The van der Waals surface area contributed by atoms with Crippen LogP contribution in [0.15, 0.2) is 47.4 Å². The zero-order valence-corrected chi connectivity index (χ0v) is 21.7. The fourth-order valence-electron chi connectivity index (χ4n) is 4.91. The van der Waals surface area contributed by atoms with Gasteiger partial charge in [0.05, 0.1) is 22.3 Å². The van der Waals surface area contributed by atoms with Crippen molar-refractivity contribution in [3.05, 3.63) is 65.0 Å². The number of benzene rings is 2. The number of nitrogens with one attached hydrogen (secondary N) is 1. The molecule has 1 aliphatic carbocycles. The molecule has 2 aliphatic rings. The van der Waals surface area contributed by atoms with Crippen LogP contribution in [0.2, 0.25) is 0 Å². The molecule has 2 aromatic carbocycles. The minimum atomic E-state index is -4.69. The third-order valence-corrected chi connectivity index (χ3v) is 8.95. The van der Waals surface area contributed by atoms with Gasteiger partial charge in [0.2, 0.25) is 5.91 Å². The van der Waals surface area contributed by atoms with E-state index in [0.717, 1.165) is 12.1 Å². The highest BCUT2D eigenvalue weighted by molar-refractivity contribution is 7.91. The molecule has 0 spiro atoms. The number of amides is 2. The Bertz CT molecular complexity index is 1310. The van der Waals surface area contributed by atoms with Crippen LogP contribution in [0.3, 0.4) is 0 Å². The topological polar surface area (TPSA) is 83.6 Å². The normalized spacial score (nSPS) is 19.2. The Balaban J connectivity index is 1.56. The molecule has 0 bridgehead atoms. The number of likely N-dealkylation sites (tertiary alicyclic amines) is 1. The Labute approximate surface area is 219 Å². The monoisotopic (exact) mass is 554 g/mol. The molecule has 2 aromatic rings. The number of hydrogen-bond acceptors (Lipinski definition) is 4. The van der Waals surface area contributed by atoms with E-state index in [1.807, 2.05) is 0 Å². The maximum Gasteiger partial charge on any atom is 0.416 e. The predicted molar refractivity (Wildman–Crippen MR) is 132 cm³/mol. The van der Waals surface area contributed by atoms with Crippen LogP contribution in [0, 0.1) is 11.7 Å². The molecule has 0 radical (unpaired) electrons. The lowest BCUT2D eigenvalue weighted by Gasteiger charge is -2.36. The van der Waals surface area contributed by atoms with Gasteiger partial charge in [-0.1, -0.05) is 19.1 Å². The molecule has 1 heterocycles. The summed E-state index contributed by atoms with van der Waals surface area (Å²) in [6, 6.07) is 6.36. The first kappa shape index (κ1) is 28.1. The van der Waals surface area contributed by atoms with Gasteiger partial charge >= 0.3 is 6.18 Å². The number of nitrogens with zero attached hydrogens (tertiary/aromatic N) is 1. The molecule has 1 aliphatic heterocycles. The molecule has 11 heteroatoms. The van der Waals surface area contributed by atoms with Gasteiger partial charge in [0.15, 0.2) is 9.84 Å². The highest BCUT2D eigenvalue weighted by atomic mass is 32.2. The second-order valence-corrected chi connectivity index (χ2v) is 12.0. The van der Waals surface area contributed by atoms with E-state index in [9.17, 15) is 35.6 Å². The third kappa shape index (κ3) is 6.19. The number of halogens is 4. The number of carbonyl (C=O) groups is 2. The third-order valence-electron chi connectivity index (χ3n) is 7.03. The summed E-state index contributed by atoms with van der Waals surface area (Å²) >= 11 is 0. The van der Waals surface area contributed by atoms with Crippen LogP contribution in [-0.4, -0.2) is 43.5 Å². The molecule has 2 amide bonds. The Morgan fingerprint density at radius 3 is 2.45 bits per heavy atom. The van der Waals surface area contributed by atoms with Crippen LogP contribution >= 0.6 is 0 Å². The molecule has 0 unspecified atom stereocenters. The van der Waals surface area contributed by atoms with Crippen molar-refractivity contribution in [1.29, 1.82) is 0 Å². The van der Waals surface area contributed by atoms with E-state index in [4.69, 9.17) is 0 Å². The van der Waals surface area contributed by atoms with E-state index in [-0.39, 0.29) is 34.2 Å². The summed E-state index contributed by atoms with van der Waals surface area (Å²) in [4.78, 5) is 28.3. The van der Waals surface area contributed by atoms with Gasteiger partial charge in [-0.3, -0.25) is 9.59 Å². The summed E-state index contributed by atoms with van der Waals surface area (Å²) < 4.78 is 78.8. The van der Waals surface area contributed by atoms with Gasteiger partial charge < -0.3 is 10.2 Å². The summed E-state index contributed by atoms with van der Waals surface area (Å²) in [6.45, 7) is 2.03. The first-order valence-electron chi connectivity index (χ1n) is 12.7. The second-order valence-electron chi connectivity index (χ2n) is 9.91. The van der Waals surface area contributed by atoms with Gasteiger partial charge in [-0.2, -0.15) is 13.2 Å². The number of hydrogen-bond donors (Lipinski definition) is 1. The van der Waals surface area contributed by atoms with Gasteiger partial charge in [-0.15, -0.1) is 0 Å². The van der Waals surface area contributed by atoms with Crippen molar-refractivity contribution in [3.8, 4) is 0 Å². The zero-order chi connectivity index (χ0) is 27.7. The number of sulfone groups is 1. The van der Waals surface area contributed by atoms with Gasteiger partial charge in [0.25, 0.3) is 5.91 Å². The summed E-state index contributed by atoms with van der Waals surface area (Å²) in [5.41, 5.74) is -0.974. The molecule has 1 saturated carbocycles. The van der Waals surface area contributed by atoms with Crippen molar-refractivity contribution in [2.75, 3.05) is 12.3 Å². The largest absolute Gasteiger partial charge is 0.416 e. The zero-order valence-electron chi connectivity index (χ0n) is 20.9. The van der Waals surface area contributed by atoms with Crippen molar-refractivity contribution in [2.45, 2.75) is 68.6 Å². The molecular formula is C27H30F4N2O4S. The molecular weight excluding hydrogens is 524 g/mol. The molecule has 38 heavy (non-hydrogen) atoms. The van der Waals surface area contributed by atoms with Crippen LogP contribution in [0.1, 0.15) is 73.0 Å². The summed E-state index contributed by atoms with van der Waals surface area (Å²) in [6.07, 6.45) is -1.18. The van der Waals surface area contributed by atoms with Gasteiger partial charge in [-0.05, 0) is 74.8 Å². The van der Waals surface area contributed by atoms with Gasteiger partial charge in [0, 0.05) is 17.7 Å². The van der Waals surface area contributed by atoms with Crippen molar-refractivity contribution >= 4 is 21.7 Å². The maximum atomic E-state index is 14.8. The van der Waals surface area contributed by atoms with E-state index in [0.29, 0.717) is 44.6 Å². The Morgan fingerprint density at radius 1 is 1.08 bits per heavy atom. The lowest BCUT2D eigenvalue weighted by molar-refractivity contribution is -0.137. The molecule has 2 atom stereocenters. The molecule has 4 rings (SSSR count). The van der Waals surface area contributed by atoms with Crippen LogP contribution in [0.4, 0.5) is 17.6 Å². The average molecular weight is 555 g/mol. The molecule has 6 nitrogen and oxygen atoms in total. The fourth-order valence-corrected chi connectivity index (χ4v) is 6.27. The standard InChI is InChI=1S/C27H30F4N2O4S/c1-2-14-38(36,37)20-7-5-6-18(15-20)26(35)33-13-4-3-8-23(33)25(34)32-24(17-9-10-17)21-12-11-19(16-22(21)28)27(29,30)31/h5-7,11-12,15-17,23-24H,2-4,8-10,13-14H2,1H3,(H,32,34)/t23-,24-/m1/s1. The fraction of sp³-hybridized carbons (Fsp3) is 0.481. The number of carbonyl (C=O) groups excluding carboxylic acids is 2. The number of rotatable bonds is 8. The predicted octanol–water partition coefficient (Wildman–Crippen LogP) is 5.29. The van der Waals surface area contributed by atoms with Crippen molar-refractivity contribution in [2.24, 2.45) is 5.92 Å². The van der Waals surface area contributed by atoms with Crippen LogP contribution < -0.4 is 5.32 Å². The lowest BCUT2D eigenvalue weighted by Crippen LogP contribution is -2.52. The highest BCUT2D eigenvalue weighted by Crippen LogP contribution is 2.43. The maximum absolute atomic E-state index is 14.8. The number of alkyl halides is 3. The van der Waals surface area contributed by atoms with Crippen LogP contribution in [-0.2, 0) is 20.8 Å². The first-order valence-corrected chi connectivity index (χ1v) is 14.4. The molecule has 0 aromatic heterocycles. The van der Waals surface area contributed by atoms with E-state index >= 15 is 0 Å². The van der Waals surface area contributed by atoms with Crippen LogP contribution in [0.25, 0.3) is 0 Å². The lowest BCUT2D eigenvalue weighted by atomic mass is 9.96. The Morgan fingerprint density at radius 2 is 1.82 bits per heavy atom. The summed E-state index contributed by atoms with van der Waals surface area (Å²) in [5, 5.41) is 2.80. The molecule has 1 saturated heterocycles. The first-order chi connectivity index (χ1) is 17.9. The summed E-state index contributed by atoms with van der Waals surface area (Å²) in [7, 11) is -3.55. The minimum Gasteiger partial charge on any atom is -0.347 e. The number of piperidine rings is 1. The Hall–Kier alpha value is -2.95. The van der Waals surface area contributed by atoms with Crippen LogP contribution in [0.5, 0.6) is 0 Å². The molecule has 206 valence electrons. The second kappa shape index (κ2) is 11.0. The quantitative estimate of drug-likeness (QED) is 0.450. The van der Waals surface area contributed by atoms with Crippen molar-refractivity contribution < 1.29 is 35.6 Å². The Kier molecular flexibility index (Phi) is 8.15. The van der Waals surface area contributed by atoms with Gasteiger partial charge in [0.1, 0.15) is 11.9 Å². The van der Waals surface area contributed by atoms with Crippen molar-refractivity contribution in [1.82, 2.24) is 10.2 Å². The molecule has 1 N–H and O–H groups in total. The highest BCUT2D eigenvalue weighted by Gasteiger charge is 2.40. The van der Waals surface area contributed by atoms with E-state index < -0.39 is 51.3 Å². The van der Waals surface area contributed by atoms with Gasteiger partial charge in [-0.25, -0.2) is 12.8 Å². The van der Waals surface area contributed by atoms with E-state index in [1.165, 1.54) is 29.2 Å².